The maximum absolute atomic E-state index is 5.59. The molecular weight excluding hydrogens is 224 g/mol. The highest BCUT2D eigenvalue weighted by molar-refractivity contribution is 5.46. The van der Waals surface area contributed by atoms with Crippen LogP contribution >= 0.6 is 0 Å². The number of furan rings is 1. The predicted molar refractivity (Wildman–Crippen MR) is 74.6 cm³/mol. The summed E-state index contributed by atoms with van der Waals surface area (Å²) < 4.78 is 5.59. The molecule has 0 saturated heterocycles. The zero-order chi connectivity index (χ0) is 12.8. The number of nitrogens with one attached hydrogen (secondary N) is 1. The number of para-hydroxylation sites is 1. The van der Waals surface area contributed by atoms with Gasteiger partial charge in [-0.1, -0.05) is 18.2 Å². The average molecular weight is 244 g/mol. The number of benzene rings is 1. The number of rotatable bonds is 6. The molecule has 2 rings (SSSR count). The molecule has 1 heterocycles. The summed E-state index contributed by atoms with van der Waals surface area (Å²) in [4.78, 5) is 2.30. The predicted octanol–water partition coefficient (Wildman–Crippen LogP) is 3.03. The summed E-state index contributed by atoms with van der Waals surface area (Å²) >= 11 is 0. The van der Waals surface area contributed by atoms with E-state index in [1.54, 1.807) is 6.26 Å². The van der Waals surface area contributed by atoms with E-state index in [0.29, 0.717) is 0 Å². The molecule has 0 aliphatic heterocycles. The standard InChI is InChI=1S/C15H20N2O/c1-3-17(14-7-5-4-6-8-14)12-15-13(11-16-2)9-10-18-15/h4-10,16H,3,11-12H2,1-2H3. The van der Waals surface area contributed by atoms with E-state index < -0.39 is 0 Å². The van der Waals surface area contributed by atoms with E-state index in [1.807, 2.05) is 19.2 Å². The van der Waals surface area contributed by atoms with E-state index in [1.165, 1.54) is 11.3 Å². The maximum atomic E-state index is 5.59. The van der Waals surface area contributed by atoms with Crippen LogP contribution in [0.5, 0.6) is 0 Å². The Morgan fingerprint density at radius 3 is 2.61 bits per heavy atom. The number of hydrogen-bond acceptors (Lipinski definition) is 3. The van der Waals surface area contributed by atoms with Crippen molar-refractivity contribution in [2.75, 3.05) is 18.5 Å². The first-order valence-corrected chi connectivity index (χ1v) is 6.35. The molecule has 1 N–H and O–H groups in total. The molecule has 0 radical (unpaired) electrons. The molecule has 0 atom stereocenters. The lowest BCUT2D eigenvalue weighted by atomic mass is 10.2. The Bertz CT molecular complexity index is 464. The summed E-state index contributed by atoms with van der Waals surface area (Å²) in [5.74, 6) is 1.04. The molecule has 18 heavy (non-hydrogen) atoms. The topological polar surface area (TPSA) is 28.4 Å². The zero-order valence-electron chi connectivity index (χ0n) is 11.0. The van der Waals surface area contributed by atoms with Crippen molar-refractivity contribution in [2.45, 2.75) is 20.0 Å². The van der Waals surface area contributed by atoms with Crippen LogP contribution in [0.3, 0.4) is 0 Å². The fourth-order valence-electron chi connectivity index (χ4n) is 2.05. The molecule has 0 unspecified atom stereocenters. The molecule has 1 aromatic carbocycles. The lowest BCUT2D eigenvalue weighted by molar-refractivity contribution is 0.497. The first-order valence-electron chi connectivity index (χ1n) is 6.35. The van der Waals surface area contributed by atoms with Crippen molar-refractivity contribution in [1.29, 1.82) is 0 Å². The minimum absolute atomic E-state index is 0.810. The summed E-state index contributed by atoms with van der Waals surface area (Å²) in [5.41, 5.74) is 2.46. The second-order valence-corrected chi connectivity index (χ2v) is 4.25. The number of hydrogen-bond donors (Lipinski definition) is 1. The average Bonchev–Trinajstić information content (AvgIpc) is 2.85. The Labute approximate surface area is 108 Å². The smallest absolute Gasteiger partial charge is 0.127 e. The van der Waals surface area contributed by atoms with Crippen LogP contribution in [0.2, 0.25) is 0 Å². The van der Waals surface area contributed by atoms with Crippen LogP contribution in [0, 0.1) is 0 Å². The third-order valence-electron chi connectivity index (χ3n) is 3.04. The summed E-state index contributed by atoms with van der Waals surface area (Å²) in [6.07, 6.45) is 1.76. The van der Waals surface area contributed by atoms with Crippen molar-refractivity contribution in [3.05, 3.63) is 54.0 Å². The Morgan fingerprint density at radius 1 is 1.17 bits per heavy atom. The van der Waals surface area contributed by atoms with Gasteiger partial charge in [0.25, 0.3) is 0 Å². The monoisotopic (exact) mass is 244 g/mol. The van der Waals surface area contributed by atoms with Gasteiger partial charge in [-0.25, -0.2) is 0 Å². The van der Waals surface area contributed by atoms with Crippen LogP contribution in [0.15, 0.2) is 47.1 Å². The van der Waals surface area contributed by atoms with E-state index in [9.17, 15) is 0 Å². The fourth-order valence-corrected chi connectivity index (χ4v) is 2.05. The third-order valence-corrected chi connectivity index (χ3v) is 3.04. The third kappa shape index (κ3) is 2.93. The first kappa shape index (κ1) is 12.7. The maximum Gasteiger partial charge on any atom is 0.127 e. The van der Waals surface area contributed by atoms with Crippen LogP contribution in [-0.2, 0) is 13.1 Å². The van der Waals surface area contributed by atoms with Crippen LogP contribution in [0.4, 0.5) is 5.69 Å². The van der Waals surface area contributed by atoms with Crippen LogP contribution in [-0.4, -0.2) is 13.6 Å². The molecule has 0 spiro atoms. The van der Waals surface area contributed by atoms with Gasteiger partial charge in [-0.3, -0.25) is 0 Å². The number of nitrogens with zero attached hydrogens (tertiary/aromatic N) is 1. The van der Waals surface area contributed by atoms with Crippen molar-refractivity contribution >= 4 is 5.69 Å². The van der Waals surface area contributed by atoms with Crippen molar-refractivity contribution in [1.82, 2.24) is 5.32 Å². The number of anilines is 1. The van der Waals surface area contributed by atoms with Gasteiger partial charge in [-0.2, -0.15) is 0 Å². The molecule has 0 saturated carbocycles. The highest BCUT2D eigenvalue weighted by Gasteiger charge is 2.10. The summed E-state index contributed by atoms with van der Waals surface area (Å²) in [5, 5.41) is 3.16. The highest BCUT2D eigenvalue weighted by atomic mass is 16.3. The molecule has 3 nitrogen and oxygen atoms in total. The van der Waals surface area contributed by atoms with E-state index in [4.69, 9.17) is 4.42 Å². The van der Waals surface area contributed by atoms with Gasteiger partial charge >= 0.3 is 0 Å². The van der Waals surface area contributed by atoms with Crippen LogP contribution in [0.25, 0.3) is 0 Å². The lowest BCUT2D eigenvalue weighted by Crippen LogP contribution is -2.22. The van der Waals surface area contributed by atoms with Gasteiger partial charge in [-0.05, 0) is 32.2 Å². The van der Waals surface area contributed by atoms with Gasteiger partial charge in [0.1, 0.15) is 5.76 Å². The summed E-state index contributed by atoms with van der Waals surface area (Å²) in [6, 6.07) is 12.5. The van der Waals surface area contributed by atoms with Crippen LogP contribution in [0.1, 0.15) is 18.2 Å². The largest absolute Gasteiger partial charge is 0.467 e. The molecule has 1 aromatic heterocycles. The van der Waals surface area contributed by atoms with Crippen molar-refractivity contribution in [3.63, 3.8) is 0 Å². The van der Waals surface area contributed by atoms with Gasteiger partial charge in [0.15, 0.2) is 0 Å². The Kier molecular flexibility index (Phi) is 4.42. The van der Waals surface area contributed by atoms with E-state index in [-0.39, 0.29) is 0 Å². The van der Waals surface area contributed by atoms with Gasteiger partial charge in [0, 0.05) is 24.3 Å². The quantitative estimate of drug-likeness (QED) is 0.846. The summed E-state index contributed by atoms with van der Waals surface area (Å²) in [7, 11) is 1.95. The minimum atomic E-state index is 0.810. The van der Waals surface area contributed by atoms with Gasteiger partial charge < -0.3 is 14.6 Å². The molecule has 0 aliphatic carbocycles. The van der Waals surface area contributed by atoms with E-state index in [2.05, 4.69) is 41.4 Å². The molecular formula is C15H20N2O. The van der Waals surface area contributed by atoms with E-state index >= 15 is 0 Å². The molecule has 0 bridgehead atoms. The summed E-state index contributed by atoms with van der Waals surface area (Å²) in [6.45, 7) is 4.78. The Balaban J connectivity index is 2.13. The van der Waals surface area contributed by atoms with Gasteiger partial charge in [0.05, 0.1) is 12.8 Å². The zero-order valence-corrected chi connectivity index (χ0v) is 11.0. The van der Waals surface area contributed by atoms with E-state index in [0.717, 1.165) is 25.4 Å². The Hall–Kier alpha value is -1.74. The fraction of sp³-hybridized carbons (Fsp3) is 0.333. The van der Waals surface area contributed by atoms with Crippen LogP contribution < -0.4 is 10.2 Å². The molecule has 0 aliphatic rings. The second kappa shape index (κ2) is 6.26. The van der Waals surface area contributed by atoms with Gasteiger partial charge in [-0.15, -0.1) is 0 Å². The van der Waals surface area contributed by atoms with Gasteiger partial charge in [0.2, 0.25) is 0 Å². The molecule has 96 valence electrons. The molecule has 0 fully saturated rings. The molecule has 3 heteroatoms. The lowest BCUT2D eigenvalue weighted by Gasteiger charge is -2.22. The second-order valence-electron chi connectivity index (χ2n) is 4.25. The van der Waals surface area contributed by atoms with Crippen molar-refractivity contribution in [3.8, 4) is 0 Å². The van der Waals surface area contributed by atoms with Crippen molar-refractivity contribution < 1.29 is 4.42 Å². The molecule has 0 amide bonds. The Morgan fingerprint density at radius 2 is 1.94 bits per heavy atom. The minimum Gasteiger partial charge on any atom is -0.467 e. The SMILES string of the molecule is CCN(Cc1occc1CNC)c1ccccc1. The first-order chi connectivity index (χ1) is 8.85. The highest BCUT2D eigenvalue weighted by Crippen LogP contribution is 2.19. The van der Waals surface area contributed by atoms with Crippen molar-refractivity contribution in [2.24, 2.45) is 0 Å². The normalized spacial score (nSPS) is 10.6. The molecule has 2 aromatic rings.